The van der Waals surface area contributed by atoms with Crippen molar-refractivity contribution in [2.45, 2.75) is 18.2 Å². The number of carbonyl (C=O) groups is 1. The maximum Gasteiger partial charge on any atom is 0.269 e. The van der Waals surface area contributed by atoms with Gasteiger partial charge < -0.3 is 5.32 Å². The van der Waals surface area contributed by atoms with E-state index in [1.807, 2.05) is 6.92 Å². The Kier molecular flexibility index (Phi) is 4.15. The second-order valence-corrected chi connectivity index (χ2v) is 6.93. The van der Waals surface area contributed by atoms with Crippen molar-refractivity contribution in [3.05, 3.63) is 34.8 Å². The summed E-state index contributed by atoms with van der Waals surface area (Å²) < 4.78 is 26.7. The third-order valence-electron chi connectivity index (χ3n) is 2.62. The first-order valence-electron chi connectivity index (χ1n) is 5.84. The van der Waals surface area contributed by atoms with Gasteiger partial charge in [-0.25, -0.2) is 8.42 Å². The molecule has 8 heteroatoms. The molecule has 2 aromatic rings. The molecule has 0 unspecified atom stereocenters. The van der Waals surface area contributed by atoms with Crippen molar-refractivity contribution in [1.29, 1.82) is 0 Å². The van der Waals surface area contributed by atoms with Gasteiger partial charge in [-0.1, -0.05) is 17.5 Å². The fraction of sp³-hybridized carbons (Fsp3) is 0.250. The van der Waals surface area contributed by atoms with Crippen molar-refractivity contribution in [1.82, 2.24) is 9.59 Å². The number of anilines is 1. The van der Waals surface area contributed by atoms with Gasteiger partial charge in [-0.3, -0.25) is 4.79 Å². The van der Waals surface area contributed by atoms with E-state index in [0.29, 0.717) is 22.7 Å². The molecule has 0 saturated carbocycles. The highest BCUT2D eigenvalue weighted by Gasteiger charge is 2.16. The molecule has 0 fully saturated rings. The molecular weight excluding hydrogens is 298 g/mol. The number of nitrogens with zero attached hydrogens (tertiary/aromatic N) is 2. The average Bonchev–Trinajstić information content (AvgIpc) is 2.86. The van der Waals surface area contributed by atoms with Gasteiger partial charge in [-0.05, 0) is 36.2 Å². The minimum Gasteiger partial charge on any atom is -0.321 e. The fourth-order valence-electron chi connectivity index (χ4n) is 1.60. The van der Waals surface area contributed by atoms with E-state index >= 15 is 0 Å². The van der Waals surface area contributed by atoms with Gasteiger partial charge in [-0.15, -0.1) is 5.10 Å². The standard InChI is InChI=1S/C12H13N3O3S2/c1-3-10-11(19-15-14-10)12(16)13-8-5-4-6-9(7-8)20(2,17)18/h4-7H,3H2,1-2H3,(H,13,16). The molecule has 1 aromatic heterocycles. The predicted octanol–water partition coefficient (Wildman–Crippen LogP) is 1.76. The Bertz CT molecular complexity index is 738. The van der Waals surface area contributed by atoms with Gasteiger partial charge in [0, 0.05) is 11.9 Å². The monoisotopic (exact) mass is 311 g/mol. The van der Waals surface area contributed by atoms with Crippen LogP contribution in [0.2, 0.25) is 0 Å². The molecule has 1 aromatic carbocycles. The van der Waals surface area contributed by atoms with Gasteiger partial charge in [0.2, 0.25) is 0 Å². The highest BCUT2D eigenvalue weighted by molar-refractivity contribution is 7.90. The van der Waals surface area contributed by atoms with Crippen molar-refractivity contribution in [2.24, 2.45) is 0 Å². The number of aryl methyl sites for hydroxylation is 1. The third kappa shape index (κ3) is 3.20. The number of hydrogen-bond donors (Lipinski definition) is 1. The molecule has 0 bridgehead atoms. The zero-order valence-corrected chi connectivity index (χ0v) is 12.6. The maximum absolute atomic E-state index is 12.1. The van der Waals surface area contributed by atoms with Crippen LogP contribution in [0.3, 0.4) is 0 Å². The minimum atomic E-state index is -3.30. The number of nitrogens with one attached hydrogen (secondary N) is 1. The molecule has 0 radical (unpaired) electrons. The molecule has 1 heterocycles. The van der Waals surface area contributed by atoms with E-state index in [0.717, 1.165) is 17.8 Å². The zero-order valence-electron chi connectivity index (χ0n) is 11.0. The molecule has 20 heavy (non-hydrogen) atoms. The van der Waals surface area contributed by atoms with Crippen LogP contribution in [-0.4, -0.2) is 30.2 Å². The van der Waals surface area contributed by atoms with Crippen molar-refractivity contribution in [3.8, 4) is 0 Å². The van der Waals surface area contributed by atoms with Gasteiger partial charge in [-0.2, -0.15) is 0 Å². The van der Waals surface area contributed by atoms with Crippen molar-refractivity contribution in [2.75, 3.05) is 11.6 Å². The molecule has 0 aliphatic heterocycles. The van der Waals surface area contributed by atoms with Crippen molar-refractivity contribution < 1.29 is 13.2 Å². The molecule has 106 valence electrons. The smallest absolute Gasteiger partial charge is 0.269 e. The quantitative estimate of drug-likeness (QED) is 0.929. The number of carbonyl (C=O) groups excluding carboxylic acids is 1. The van der Waals surface area contributed by atoms with Crippen LogP contribution in [0.15, 0.2) is 29.2 Å². The number of aromatic nitrogens is 2. The van der Waals surface area contributed by atoms with E-state index in [1.54, 1.807) is 12.1 Å². The van der Waals surface area contributed by atoms with Crippen LogP contribution in [-0.2, 0) is 16.3 Å². The Hall–Kier alpha value is -1.80. The van der Waals surface area contributed by atoms with Crippen LogP contribution in [0.4, 0.5) is 5.69 Å². The molecule has 2 rings (SSSR count). The van der Waals surface area contributed by atoms with Gasteiger partial charge in [0.05, 0.1) is 10.6 Å². The topological polar surface area (TPSA) is 89.0 Å². The van der Waals surface area contributed by atoms with Gasteiger partial charge in [0.15, 0.2) is 9.84 Å². The van der Waals surface area contributed by atoms with E-state index in [1.165, 1.54) is 12.1 Å². The largest absolute Gasteiger partial charge is 0.321 e. The second kappa shape index (κ2) is 5.68. The van der Waals surface area contributed by atoms with Crippen molar-refractivity contribution >= 4 is 33.0 Å². The lowest BCUT2D eigenvalue weighted by molar-refractivity contribution is 0.102. The summed E-state index contributed by atoms with van der Waals surface area (Å²) in [6.45, 7) is 1.89. The number of benzene rings is 1. The Morgan fingerprint density at radius 3 is 2.80 bits per heavy atom. The van der Waals surface area contributed by atoms with Crippen LogP contribution in [0.5, 0.6) is 0 Å². The van der Waals surface area contributed by atoms with Gasteiger partial charge in [0.25, 0.3) is 5.91 Å². The van der Waals surface area contributed by atoms with E-state index in [-0.39, 0.29) is 10.8 Å². The van der Waals surface area contributed by atoms with Gasteiger partial charge in [0.1, 0.15) is 4.88 Å². The molecule has 0 aliphatic carbocycles. The number of hydrogen-bond acceptors (Lipinski definition) is 6. The van der Waals surface area contributed by atoms with E-state index in [9.17, 15) is 13.2 Å². The number of rotatable bonds is 4. The lowest BCUT2D eigenvalue weighted by Crippen LogP contribution is -2.12. The van der Waals surface area contributed by atoms with Crippen LogP contribution in [0.25, 0.3) is 0 Å². The third-order valence-corrected chi connectivity index (χ3v) is 4.49. The lowest BCUT2D eigenvalue weighted by atomic mass is 10.2. The van der Waals surface area contributed by atoms with Crippen LogP contribution >= 0.6 is 11.5 Å². The number of sulfone groups is 1. The van der Waals surface area contributed by atoms with Crippen LogP contribution < -0.4 is 5.32 Å². The first-order valence-corrected chi connectivity index (χ1v) is 8.51. The highest BCUT2D eigenvalue weighted by atomic mass is 32.2. The first-order chi connectivity index (χ1) is 9.41. The SMILES string of the molecule is CCc1nnsc1C(=O)Nc1cccc(S(C)(=O)=O)c1. The Morgan fingerprint density at radius 2 is 2.15 bits per heavy atom. The zero-order chi connectivity index (χ0) is 14.8. The maximum atomic E-state index is 12.1. The molecule has 0 saturated heterocycles. The first kappa shape index (κ1) is 14.6. The summed E-state index contributed by atoms with van der Waals surface area (Å²) in [4.78, 5) is 12.7. The van der Waals surface area contributed by atoms with Crippen LogP contribution in [0, 0.1) is 0 Å². The summed E-state index contributed by atoms with van der Waals surface area (Å²) in [6, 6.07) is 6.12. The van der Waals surface area contributed by atoms with Gasteiger partial charge >= 0.3 is 0 Å². The van der Waals surface area contributed by atoms with Crippen molar-refractivity contribution in [3.63, 3.8) is 0 Å². The number of amides is 1. The molecular formula is C12H13N3O3S2. The minimum absolute atomic E-state index is 0.161. The summed E-state index contributed by atoms with van der Waals surface area (Å²) in [5.74, 6) is -0.331. The van der Waals surface area contributed by atoms with E-state index < -0.39 is 9.84 Å². The normalized spacial score (nSPS) is 11.3. The summed E-state index contributed by atoms with van der Waals surface area (Å²) in [7, 11) is -3.30. The fourth-order valence-corrected chi connectivity index (χ4v) is 2.92. The van der Waals surface area contributed by atoms with E-state index in [2.05, 4.69) is 14.9 Å². The summed E-state index contributed by atoms with van der Waals surface area (Å²) >= 11 is 1.02. The summed E-state index contributed by atoms with van der Waals surface area (Å²) in [6.07, 6.45) is 1.73. The molecule has 0 spiro atoms. The van der Waals surface area contributed by atoms with E-state index in [4.69, 9.17) is 0 Å². The Morgan fingerprint density at radius 1 is 1.40 bits per heavy atom. The summed E-state index contributed by atoms with van der Waals surface area (Å²) in [5, 5.41) is 6.52. The molecule has 0 aliphatic rings. The van der Waals surface area contributed by atoms with Crippen LogP contribution in [0.1, 0.15) is 22.3 Å². The second-order valence-electron chi connectivity index (χ2n) is 4.16. The Labute approximate surface area is 120 Å². The highest BCUT2D eigenvalue weighted by Crippen LogP contribution is 2.18. The molecule has 1 amide bonds. The summed E-state index contributed by atoms with van der Waals surface area (Å²) in [5.41, 5.74) is 1.06. The predicted molar refractivity (Wildman–Crippen MR) is 76.8 cm³/mol. The molecule has 6 nitrogen and oxygen atoms in total. The lowest BCUT2D eigenvalue weighted by Gasteiger charge is -2.05. The average molecular weight is 311 g/mol. The Balaban J connectivity index is 2.25. The molecule has 0 atom stereocenters. The molecule has 1 N–H and O–H groups in total.